The van der Waals surface area contributed by atoms with Gasteiger partial charge in [-0.25, -0.2) is 4.79 Å². The van der Waals surface area contributed by atoms with Crippen molar-refractivity contribution in [2.45, 2.75) is 77.4 Å². The summed E-state index contributed by atoms with van der Waals surface area (Å²) in [4.78, 5) is 25.9. The Morgan fingerprint density at radius 3 is 2.30 bits per heavy atom. The summed E-state index contributed by atoms with van der Waals surface area (Å²) in [6.45, 7) is 5.89. The van der Waals surface area contributed by atoms with Crippen molar-refractivity contribution in [3.05, 3.63) is 0 Å². The van der Waals surface area contributed by atoms with E-state index in [2.05, 4.69) is 19.2 Å². The zero-order chi connectivity index (χ0) is 14.9. The highest BCUT2D eigenvalue weighted by molar-refractivity contribution is 5.79. The molecule has 0 spiro atoms. The number of likely N-dealkylation sites (tertiary alicyclic amines) is 1. The lowest BCUT2D eigenvalue weighted by Crippen LogP contribution is -2.56. The highest BCUT2D eigenvalue weighted by Crippen LogP contribution is 2.38. The van der Waals surface area contributed by atoms with Crippen molar-refractivity contribution in [3.63, 3.8) is 0 Å². The minimum atomic E-state index is -0.822. The van der Waals surface area contributed by atoms with Gasteiger partial charge in [0.25, 0.3) is 0 Å². The zero-order valence-electron chi connectivity index (χ0n) is 12.7. The van der Waals surface area contributed by atoms with Gasteiger partial charge in [0, 0.05) is 18.1 Å². The van der Waals surface area contributed by atoms with Crippen LogP contribution in [0.3, 0.4) is 0 Å². The molecule has 20 heavy (non-hydrogen) atoms. The van der Waals surface area contributed by atoms with Crippen LogP contribution in [-0.2, 0) is 4.79 Å². The molecule has 0 aromatic heterocycles. The van der Waals surface area contributed by atoms with Gasteiger partial charge >= 0.3 is 12.0 Å². The number of hydrogen-bond acceptors (Lipinski definition) is 2. The molecule has 1 saturated heterocycles. The number of carbonyl (C=O) groups excluding carboxylic acids is 1. The molecule has 1 aliphatic carbocycles. The molecule has 1 heterocycles. The molecule has 2 aliphatic rings. The number of rotatable bonds is 2. The summed E-state index contributed by atoms with van der Waals surface area (Å²) in [5.74, 6) is -0.806. The SMILES string of the molecule is CC1CCCC(C)N1C(=O)NC1CCCC1(C)C(=O)O. The van der Waals surface area contributed by atoms with Gasteiger partial charge in [0.2, 0.25) is 0 Å². The van der Waals surface area contributed by atoms with Gasteiger partial charge in [-0.1, -0.05) is 6.42 Å². The first-order valence-corrected chi connectivity index (χ1v) is 7.68. The lowest BCUT2D eigenvalue weighted by molar-refractivity contribution is -0.148. The average molecular weight is 282 g/mol. The average Bonchev–Trinajstić information content (AvgIpc) is 2.72. The summed E-state index contributed by atoms with van der Waals surface area (Å²) in [5, 5.41) is 12.4. The Labute approximate surface area is 120 Å². The van der Waals surface area contributed by atoms with Crippen molar-refractivity contribution in [1.29, 1.82) is 0 Å². The minimum Gasteiger partial charge on any atom is -0.481 e. The monoisotopic (exact) mass is 282 g/mol. The number of carboxylic acids is 1. The molecule has 4 atom stereocenters. The molecule has 0 bridgehead atoms. The Hall–Kier alpha value is -1.26. The van der Waals surface area contributed by atoms with E-state index in [1.807, 2.05) is 4.90 Å². The quantitative estimate of drug-likeness (QED) is 0.818. The lowest BCUT2D eigenvalue weighted by atomic mass is 9.85. The second-order valence-corrected chi connectivity index (χ2v) is 6.65. The van der Waals surface area contributed by atoms with Crippen LogP contribution in [0.2, 0.25) is 0 Å². The maximum atomic E-state index is 12.5. The summed E-state index contributed by atoms with van der Waals surface area (Å²) in [5.41, 5.74) is -0.822. The van der Waals surface area contributed by atoms with Crippen molar-refractivity contribution in [3.8, 4) is 0 Å². The summed E-state index contributed by atoms with van der Waals surface area (Å²) < 4.78 is 0. The van der Waals surface area contributed by atoms with Crippen LogP contribution in [0.25, 0.3) is 0 Å². The molecule has 5 heteroatoms. The number of nitrogens with zero attached hydrogens (tertiary/aromatic N) is 1. The molecule has 2 amide bonds. The van der Waals surface area contributed by atoms with Crippen LogP contribution in [0.5, 0.6) is 0 Å². The maximum absolute atomic E-state index is 12.5. The molecule has 1 saturated carbocycles. The molecule has 0 radical (unpaired) electrons. The first-order chi connectivity index (χ1) is 9.36. The van der Waals surface area contributed by atoms with Gasteiger partial charge in [-0.2, -0.15) is 0 Å². The van der Waals surface area contributed by atoms with Crippen LogP contribution < -0.4 is 5.32 Å². The van der Waals surface area contributed by atoms with Crippen LogP contribution in [0, 0.1) is 5.41 Å². The lowest BCUT2D eigenvalue weighted by Gasteiger charge is -2.40. The summed E-state index contributed by atoms with van der Waals surface area (Å²) in [6.07, 6.45) is 5.46. The fourth-order valence-electron chi connectivity index (χ4n) is 3.70. The Morgan fingerprint density at radius 1 is 1.15 bits per heavy atom. The highest BCUT2D eigenvalue weighted by Gasteiger charge is 2.46. The molecule has 2 N–H and O–H groups in total. The first kappa shape index (κ1) is 15.1. The van der Waals surface area contributed by atoms with Crippen molar-refractivity contribution >= 4 is 12.0 Å². The fourth-order valence-corrected chi connectivity index (χ4v) is 3.70. The van der Waals surface area contributed by atoms with Crippen molar-refractivity contribution in [2.24, 2.45) is 5.41 Å². The van der Waals surface area contributed by atoms with E-state index in [0.717, 1.165) is 32.1 Å². The summed E-state index contributed by atoms with van der Waals surface area (Å²) >= 11 is 0. The Balaban J connectivity index is 2.05. The van der Waals surface area contributed by atoms with Crippen molar-refractivity contribution in [2.75, 3.05) is 0 Å². The molecule has 4 unspecified atom stereocenters. The fraction of sp³-hybridized carbons (Fsp3) is 0.867. The Kier molecular flexibility index (Phi) is 4.25. The van der Waals surface area contributed by atoms with Gasteiger partial charge in [0.15, 0.2) is 0 Å². The second-order valence-electron chi connectivity index (χ2n) is 6.65. The van der Waals surface area contributed by atoms with E-state index < -0.39 is 11.4 Å². The molecule has 2 fully saturated rings. The molecule has 0 aromatic carbocycles. The first-order valence-electron chi connectivity index (χ1n) is 7.68. The number of carbonyl (C=O) groups is 2. The van der Waals surface area contributed by atoms with Crippen LogP contribution in [0.1, 0.15) is 59.3 Å². The van der Waals surface area contributed by atoms with E-state index in [-0.39, 0.29) is 24.2 Å². The van der Waals surface area contributed by atoms with Gasteiger partial charge in [0.1, 0.15) is 0 Å². The maximum Gasteiger partial charge on any atom is 0.318 e. The molecule has 5 nitrogen and oxygen atoms in total. The molecule has 1 aliphatic heterocycles. The summed E-state index contributed by atoms with van der Waals surface area (Å²) in [6, 6.07) is 0.116. The largest absolute Gasteiger partial charge is 0.481 e. The van der Waals surface area contributed by atoms with Crippen LogP contribution in [0.4, 0.5) is 4.79 Å². The number of carboxylic acid groups (broad SMARTS) is 1. The smallest absolute Gasteiger partial charge is 0.318 e. The Bertz CT molecular complexity index is 389. The molecule has 0 aromatic rings. The van der Waals surface area contributed by atoms with E-state index in [1.165, 1.54) is 0 Å². The van der Waals surface area contributed by atoms with Crippen molar-refractivity contribution < 1.29 is 14.7 Å². The predicted molar refractivity (Wildman–Crippen MR) is 76.5 cm³/mol. The van der Waals surface area contributed by atoms with Gasteiger partial charge in [-0.3, -0.25) is 4.79 Å². The van der Waals surface area contributed by atoms with Gasteiger partial charge in [-0.15, -0.1) is 0 Å². The third-order valence-corrected chi connectivity index (χ3v) is 5.17. The van der Waals surface area contributed by atoms with E-state index in [0.29, 0.717) is 6.42 Å². The number of piperidine rings is 1. The number of aliphatic carboxylic acids is 1. The topological polar surface area (TPSA) is 69.6 Å². The van der Waals surface area contributed by atoms with E-state index in [1.54, 1.807) is 6.92 Å². The third kappa shape index (κ3) is 2.63. The highest BCUT2D eigenvalue weighted by atomic mass is 16.4. The summed E-state index contributed by atoms with van der Waals surface area (Å²) in [7, 11) is 0. The number of amides is 2. The number of hydrogen-bond donors (Lipinski definition) is 2. The molecule has 114 valence electrons. The molecular weight excluding hydrogens is 256 g/mol. The molecular formula is C15H26N2O3. The second kappa shape index (κ2) is 5.62. The standard InChI is InChI=1S/C15H26N2O3/c1-10-6-4-7-11(2)17(10)14(20)16-12-8-5-9-15(12,3)13(18)19/h10-12H,4-9H2,1-3H3,(H,16,20)(H,18,19). The van der Waals surface area contributed by atoms with E-state index in [4.69, 9.17) is 0 Å². The van der Waals surface area contributed by atoms with Gasteiger partial charge in [0.05, 0.1) is 5.41 Å². The van der Waals surface area contributed by atoms with E-state index in [9.17, 15) is 14.7 Å². The van der Waals surface area contributed by atoms with Crippen LogP contribution in [-0.4, -0.2) is 40.1 Å². The zero-order valence-corrected chi connectivity index (χ0v) is 12.7. The number of urea groups is 1. The normalized spacial score (nSPS) is 37.8. The van der Waals surface area contributed by atoms with Gasteiger partial charge < -0.3 is 15.3 Å². The third-order valence-electron chi connectivity index (χ3n) is 5.17. The minimum absolute atomic E-state index is 0.0934. The van der Waals surface area contributed by atoms with Crippen LogP contribution >= 0.6 is 0 Å². The number of nitrogens with one attached hydrogen (secondary N) is 1. The van der Waals surface area contributed by atoms with Crippen LogP contribution in [0.15, 0.2) is 0 Å². The Morgan fingerprint density at radius 2 is 1.75 bits per heavy atom. The van der Waals surface area contributed by atoms with Crippen molar-refractivity contribution in [1.82, 2.24) is 10.2 Å². The van der Waals surface area contributed by atoms with Gasteiger partial charge in [-0.05, 0) is 52.9 Å². The predicted octanol–water partition coefficient (Wildman–Crippen LogP) is 2.60. The van der Waals surface area contributed by atoms with E-state index >= 15 is 0 Å². The molecule has 2 rings (SSSR count).